The predicted molar refractivity (Wildman–Crippen MR) is 123 cm³/mol. The Morgan fingerprint density at radius 1 is 1.06 bits per heavy atom. The molecule has 0 unspecified atom stereocenters. The summed E-state index contributed by atoms with van der Waals surface area (Å²) in [5.74, 6) is -0.923. The normalized spacial score (nSPS) is 20.1. The van der Waals surface area contributed by atoms with Crippen LogP contribution in [0.2, 0.25) is 0 Å². The van der Waals surface area contributed by atoms with Gasteiger partial charge in [-0.15, -0.1) is 0 Å². The van der Waals surface area contributed by atoms with E-state index in [1.807, 2.05) is 42.2 Å². The molecule has 0 spiro atoms. The zero-order valence-corrected chi connectivity index (χ0v) is 18.7. The van der Waals surface area contributed by atoms with E-state index in [1.165, 1.54) is 12.1 Å². The number of amides is 3. The van der Waals surface area contributed by atoms with E-state index >= 15 is 0 Å². The van der Waals surface area contributed by atoms with Crippen LogP contribution in [0.1, 0.15) is 24.9 Å². The van der Waals surface area contributed by atoms with E-state index in [-0.39, 0.29) is 42.6 Å². The van der Waals surface area contributed by atoms with Crippen LogP contribution >= 0.6 is 0 Å². The van der Waals surface area contributed by atoms with Crippen molar-refractivity contribution in [1.29, 1.82) is 0 Å². The Kier molecular flexibility index (Phi) is 7.03. The van der Waals surface area contributed by atoms with Crippen LogP contribution in [0.4, 0.5) is 10.1 Å². The Morgan fingerprint density at radius 3 is 2.48 bits per heavy atom. The third-order valence-electron chi connectivity index (χ3n) is 6.42. The number of carbonyl (C=O) groups excluding carboxylic acids is 3. The number of halogens is 1. The summed E-state index contributed by atoms with van der Waals surface area (Å²) >= 11 is 0. The summed E-state index contributed by atoms with van der Waals surface area (Å²) in [5, 5.41) is 2.70. The number of piperazine rings is 1. The molecule has 1 N–H and O–H groups in total. The minimum Gasteiger partial charge on any atom is -0.340 e. The first kappa shape index (κ1) is 22.9. The largest absolute Gasteiger partial charge is 0.340 e. The molecule has 2 atom stereocenters. The van der Waals surface area contributed by atoms with Gasteiger partial charge in [0.25, 0.3) is 0 Å². The number of rotatable bonds is 6. The number of nitrogens with one attached hydrogen (secondary N) is 1. The second kappa shape index (κ2) is 10.1. The Bertz CT molecular complexity index is 1010. The third-order valence-corrected chi connectivity index (χ3v) is 6.42. The van der Waals surface area contributed by atoms with Crippen molar-refractivity contribution in [2.45, 2.75) is 19.4 Å². The SMILES string of the molecule is C[C@@H](c1ccccc1)N1C[C@@H](C(=O)N2CCN(CC(=O)Nc3cccc(F)c3)CC2)CC1=O. The fraction of sp³-hybridized carbons (Fsp3) is 0.400. The number of carbonyl (C=O) groups is 3. The molecule has 0 bridgehead atoms. The molecule has 8 heteroatoms. The molecular formula is C25H29FN4O3. The van der Waals surface area contributed by atoms with Gasteiger partial charge < -0.3 is 15.1 Å². The monoisotopic (exact) mass is 452 g/mol. The summed E-state index contributed by atoms with van der Waals surface area (Å²) in [6.45, 7) is 4.80. The molecule has 0 saturated carbocycles. The molecular weight excluding hydrogens is 423 g/mol. The topological polar surface area (TPSA) is 73.0 Å². The van der Waals surface area contributed by atoms with E-state index in [4.69, 9.17) is 0 Å². The zero-order chi connectivity index (χ0) is 23.4. The summed E-state index contributed by atoms with van der Waals surface area (Å²) < 4.78 is 13.3. The smallest absolute Gasteiger partial charge is 0.238 e. The van der Waals surface area contributed by atoms with Crippen molar-refractivity contribution < 1.29 is 18.8 Å². The molecule has 7 nitrogen and oxygen atoms in total. The highest BCUT2D eigenvalue weighted by Gasteiger charge is 2.39. The maximum absolute atomic E-state index is 13.3. The number of hydrogen-bond donors (Lipinski definition) is 1. The quantitative estimate of drug-likeness (QED) is 0.731. The molecule has 174 valence electrons. The third kappa shape index (κ3) is 5.57. The first-order valence-electron chi connectivity index (χ1n) is 11.3. The van der Waals surface area contributed by atoms with Gasteiger partial charge in [0.1, 0.15) is 5.82 Å². The molecule has 2 aromatic rings. The summed E-state index contributed by atoms with van der Waals surface area (Å²) in [5.41, 5.74) is 1.48. The number of benzene rings is 2. The Morgan fingerprint density at radius 2 is 1.79 bits per heavy atom. The molecule has 4 rings (SSSR count). The molecule has 0 aliphatic carbocycles. The number of likely N-dealkylation sites (tertiary alicyclic amines) is 1. The molecule has 0 aromatic heterocycles. The molecule has 3 amide bonds. The fourth-order valence-electron chi connectivity index (χ4n) is 4.54. The van der Waals surface area contributed by atoms with E-state index < -0.39 is 5.82 Å². The van der Waals surface area contributed by atoms with Crippen molar-refractivity contribution in [2.24, 2.45) is 5.92 Å². The van der Waals surface area contributed by atoms with Gasteiger partial charge in [-0.05, 0) is 30.7 Å². The van der Waals surface area contributed by atoms with E-state index in [1.54, 1.807) is 21.9 Å². The highest BCUT2D eigenvalue weighted by Crippen LogP contribution is 2.29. The molecule has 33 heavy (non-hydrogen) atoms. The van der Waals surface area contributed by atoms with Crippen molar-refractivity contribution in [2.75, 3.05) is 44.6 Å². The van der Waals surface area contributed by atoms with Gasteiger partial charge >= 0.3 is 0 Å². The summed E-state index contributed by atoms with van der Waals surface area (Å²) in [7, 11) is 0. The van der Waals surface area contributed by atoms with Crippen molar-refractivity contribution in [1.82, 2.24) is 14.7 Å². The van der Waals surface area contributed by atoms with Crippen molar-refractivity contribution in [3.8, 4) is 0 Å². The minimum absolute atomic E-state index is 0.00924. The summed E-state index contributed by atoms with van der Waals surface area (Å²) in [6, 6.07) is 15.6. The van der Waals surface area contributed by atoms with E-state index in [9.17, 15) is 18.8 Å². The number of nitrogens with zero attached hydrogens (tertiary/aromatic N) is 3. The van der Waals surface area contributed by atoms with Gasteiger partial charge in [0.05, 0.1) is 18.5 Å². The maximum atomic E-state index is 13.3. The maximum Gasteiger partial charge on any atom is 0.238 e. The van der Waals surface area contributed by atoms with Crippen LogP contribution in [0.15, 0.2) is 54.6 Å². The summed E-state index contributed by atoms with van der Waals surface area (Å²) in [4.78, 5) is 43.5. The highest BCUT2D eigenvalue weighted by atomic mass is 19.1. The van der Waals surface area contributed by atoms with Crippen molar-refractivity contribution >= 4 is 23.4 Å². The minimum atomic E-state index is -0.401. The van der Waals surface area contributed by atoms with Crippen molar-refractivity contribution in [3.05, 3.63) is 66.0 Å². The lowest BCUT2D eigenvalue weighted by molar-refractivity contribution is -0.137. The van der Waals surface area contributed by atoms with Gasteiger partial charge in [0, 0.05) is 44.8 Å². The number of hydrogen-bond acceptors (Lipinski definition) is 4. The molecule has 2 aliphatic heterocycles. The molecule has 2 saturated heterocycles. The number of anilines is 1. The lowest BCUT2D eigenvalue weighted by Gasteiger charge is -2.35. The van der Waals surface area contributed by atoms with Crippen molar-refractivity contribution in [3.63, 3.8) is 0 Å². The lowest BCUT2D eigenvalue weighted by atomic mass is 10.1. The average Bonchev–Trinajstić information content (AvgIpc) is 3.20. The van der Waals surface area contributed by atoms with Gasteiger partial charge in [0.15, 0.2) is 0 Å². The second-order valence-corrected chi connectivity index (χ2v) is 8.69. The Hall–Kier alpha value is -3.26. The molecule has 2 fully saturated rings. The van der Waals surface area contributed by atoms with E-state index in [2.05, 4.69) is 5.32 Å². The van der Waals surface area contributed by atoms with Gasteiger partial charge in [-0.2, -0.15) is 0 Å². The van der Waals surface area contributed by atoms with Crippen LogP contribution in [0.25, 0.3) is 0 Å². The van der Waals surface area contributed by atoms with Crippen LogP contribution in [0.3, 0.4) is 0 Å². The van der Waals surface area contributed by atoms with E-state index in [0.29, 0.717) is 38.4 Å². The van der Waals surface area contributed by atoms with Gasteiger partial charge in [-0.1, -0.05) is 36.4 Å². The Balaban J connectivity index is 1.25. The van der Waals surface area contributed by atoms with Crippen LogP contribution in [-0.4, -0.2) is 71.7 Å². The first-order chi connectivity index (χ1) is 15.9. The van der Waals surface area contributed by atoms with Crippen LogP contribution in [-0.2, 0) is 14.4 Å². The summed E-state index contributed by atoms with van der Waals surface area (Å²) in [6.07, 6.45) is 0.242. The molecule has 2 aromatic carbocycles. The first-order valence-corrected chi connectivity index (χ1v) is 11.3. The van der Waals surface area contributed by atoms with Crippen LogP contribution in [0, 0.1) is 11.7 Å². The average molecular weight is 453 g/mol. The van der Waals surface area contributed by atoms with Gasteiger partial charge in [-0.25, -0.2) is 4.39 Å². The standard InChI is InChI=1S/C25H29FN4O3/c1-18(19-6-3-2-4-7-19)30-16-20(14-24(30)32)25(33)29-12-10-28(11-13-29)17-23(31)27-22-9-5-8-21(26)15-22/h2-9,15,18,20H,10-14,16-17H2,1H3,(H,27,31)/t18-,20-/m0/s1. The molecule has 2 aliphatic rings. The zero-order valence-electron chi connectivity index (χ0n) is 18.7. The van der Waals surface area contributed by atoms with Crippen LogP contribution < -0.4 is 5.32 Å². The lowest BCUT2D eigenvalue weighted by Crippen LogP contribution is -2.52. The fourth-order valence-corrected chi connectivity index (χ4v) is 4.54. The van der Waals surface area contributed by atoms with E-state index in [0.717, 1.165) is 5.56 Å². The Labute approximate surface area is 193 Å². The molecule has 2 heterocycles. The molecule has 0 radical (unpaired) electrons. The van der Waals surface area contributed by atoms with Gasteiger partial charge in [0.2, 0.25) is 17.7 Å². The second-order valence-electron chi connectivity index (χ2n) is 8.69. The van der Waals surface area contributed by atoms with Crippen LogP contribution in [0.5, 0.6) is 0 Å². The van der Waals surface area contributed by atoms with Gasteiger partial charge in [-0.3, -0.25) is 19.3 Å². The predicted octanol–water partition coefficient (Wildman–Crippen LogP) is 2.52. The highest BCUT2D eigenvalue weighted by molar-refractivity contribution is 5.92.